The van der Waals surface area contributed by atoms with Crippen LogP contribution in [0.25, 0.3) is 11.1 Å². The molecular weight excluding hydrogens is 267 g/mol. The lowest BCUT2D eigenvalue weighted by molar-refractivity contribution is 0.275. The normalized spacial score (nSPS) is 16.3. The summed E-state index contributed by atoms with van der Waals surface area (Å²) < 4.78 is 16.0. The molecule has 0 saturated heterocycles. The van der Waals surface area contributed by atoms with Crippen LogP contribution >= 0.6 is 0 Å². The average Bonchev–Trinajstić information content (AvgIpc) is 2.97. The van der Waals surface area contributed by atoms with Crippen LogP contribution in [0.2, 0.25) is 0 Å². The van der Waals surface area contributed by atoms with Crippen molar-refractivity contribution in [1.82, 2.24) is 9.78 Å². The van der Waals surface area contributed by atoms with E-state index in [2.05, 4.69) is 5.10 Å². The Labute approximate surface area is 124 Å². The number of aromatic nitrogens is 2. The molecule has 1 aromatic carbocycles. The van der Waals surface area contributed by atoms with Gasteiger partial charge in [0.2, 0.25) is 0 Å². The molecule has 0 unspecified atom stereocenters. The summed E-state index contributed by atoms with van der Waals surface area (Å²) in [4.78, 5) is 0. The highest BCUT2D eigenvalue weighted by molar-refractivity contribution is 5.63. The van der Waals surface area contributed by atoms with Gasteiger partial charge in [0.1, 0.15) is 5.82 Å². The van der Waals surface area contributed by atoms with Gasteiger partial charge in [0.15, 0.2) is 0 Å². The van der Waals surface area contributed by atoms with E-state index in [9.17, 15) is 9.50 Å². The Kier molecular flexibility index (Phi) is 4.06. The van der Waals surface area contributed by atoms with Crippen molar-refractivity contribution in [3.63, 3.8) is 0 Å². The first-order chi connectivity index (χ1) is 10.2. The monoisotopic (exact) mass is 288 g/mol. The number of aliphatic hydroxyl groups is 1. The van der Waals surface area contributed by atoms with E-state index in [0.29, 0.717) is 11.6 Å². The molecule has 1 aliphatic carbocycles. The highest BCUT2D eigenvalue weighted by atomic mass is 19.1. The zero-order valence-electron chi connectivity index (χ0n) is 12.3. The van der Waals surface area contributed by atoms with Crippen LogP contribution < -0.4 is 0 Å². The van der Waals surface area contributed by atoms with E-state index in [1.165, 1.54) is 38.2 Å². The van der Waals surface area contributed by atoms with Gasteiger partial charge in [-0.25, -0.2) is 4.39 Å². The summed E-state index contributed by atoms with van der Waals surface area (Å²) in [6, 6.07) is 3.88. The van der Waals surface area contributed by atoms with E-state index in [0.717, 1.165) is 16.7 Å². The fourth-order valence-corrected chi connectivity index (χ4v) is 3.17. The first-order valence-corrected chi connectivity index (χ1v) is 7.63. The van der Waals surface area contributed by atoms with Gasteiger partial charge in [-0.2, -0.15) is 5.10 Å². The highest BCUT2D eigenvalue weighted by Crippen LogP contribution is 2.30. The van der Waals surface area contributed by atoms with Crippen LogP contribution in [-0.2, 0) is 6.61 Å². The van der Waals surface area contributed by atoms with Gasteiger partial charge < -0.3 is 5.11 Å². The van der Waals surface area contributed by atoms with Crippen molar-refractivity contribution < 1.29 is 9.50 Å². The van der Waals surface area contributed by atoms with E-state index in [-0.39, 0.29) is 12.4 Å². The fourth-order valence-electron chi connectivity index (χ4n) is 3.17. The van der Waals surface area contributed by atoms with Gasteiger partial charge >= 0.3 is 0 Å². The molecule has 21 heavy (non-hydrogen) atoms. The number of rotatable bonds is 3. The van der Waals surface area contributed by atoms with Gasteiger partial charge in [0.25, 0.3) is 0 Å². The van der Waals surface area contributed by atoms with Gasteiger partial charge in [0.05, 0.1) is 18.8 Å². The summed E-state index contributed by atoms with van der Waals surface area (Å²) >= 11 is 0. The highest BCUT2D eigenvalue weighted by Gasteiger charge is 2.17. The van der Waals surface area contributed by atoms with Crippen LogP contribution in [0, 0.1) is 12.7 Å². The Morgan fingerprint density at radius 2 is 2.00 bits per heavy atom. The molecule has 1 fully saturated rings. The molecule has 1 heterocycles. The van der Waals surface area contributed by atoms with Crippen LogP contribution in [0.4, 0.5) is 4.39 Å². The molecule has 4 heteroatoms. The topological polar surface area (TPSA) is 38.0 Å². The Balaban J connectivity index is 1.89. The van der Waals surface area contributed by atoms with Crippen LogP contribution in [0.15, 0.2) is 24.5 Å². The number of hydrogen-bond acceptors (Lipinski definition) is 2. The molecule has 1 aromatic heterocycles. The SMILES string of the molecule is Cc1cc(-c2cnn(C3CCCCC3)c2)cc(F)c1CO. The maximum Gasteiger partial charge on any atom is 0.129 e. The van der Waals surface area contributed by atoms with Gasteiger partial charge in [0, 0.05) is 17.3 Å². The minimum absolute atomic E-state index is 0.265. The van der Waals surface area contributed by atoms with Gasteiger partial charge in [-0.3, -0.25) is 4.68 Å². The van der Waals surface area contributed by atoms with E-state index in [4.69, 9.17) is 0 Å². The molecule has 0 atom stereocenters. The molecule has 0 radical (unpaired) electrons. The summed E-state index contributed by atoms with van der Waals surface area (Å²) in [6.07, 6.45) is 10.0. The second kappa shape index (κ2) is 5.98. The third-order valence-electron chi connectivity index (χ3n) is 4.46. The van der Waals surface area contributed by atoms with E-state index >= 15 is 0 Å². The predicted octanol–water partition coefficient (Wildman–Crippen LogP) is 4.00. The van der Waals surface area contributed by atoms with Crippen molar-refractivity contribution >= 4 is 0 Å². The van der Waals surface area contributed by atoms with Crippen molar-refractivity contribution in [2.75, 3.05) is 0 Å². The van der Waals surface area contributed by atoms with Crippen LogP contribution in [-0.4, -0.2) is 14.9 Å². The maximum absolute atomic E-state index is 14.0. The van der Waals surface area contributed by atoms with Crippen molar-refractivity contribution in [2.24, 2.45) is 0 Å². The third kappa shape index (κ3) is 2.86. The molecular formula is C17H21FN2O. The molecule has 1 saturated carbocycles. The molecule has 112 valence electrons. The number of benzene rings is 1. The van der Waals surface area contributed by atoms with Crippen LogP contribution in [0.5, 0.6) is 0 Å². The molecule has 0 amide bonds. The van der Waals surface area contributed by atoms with Gasteiger partial charge in [-0.05, 0) is 37.0 Å². The van der Waals surface area contributed by atoms with Crippen LogP contribution in [0.3, 0.4) is 0 Å². The molecule has 2 aromatic rings. The second-order valence-electron chi connectivity index (χ2n) is 5.91. The molecule has 0 spiro atoms. The van der Waals surface area contributed by atoms with Gasteiger partial charge in [-0.1, -0.05) is 25.3 Å². The van der Waals surface area contributed by atoms with E-state index in [1.54, 1.807) is 6.20 Å². The number of halogens is 1. The quantitative estimate of drug-likeness (QED) is 0.927. The minimum Gasteiger partial charge on any atom is -0.392 e. The molecule has 0 bridgehead atoms. The Hall–Kier alpha value is -1.68. The number of nitrogens with zero attached hydrogens (tertiary/aromatic N) is 2. The van der Waals surface area contributed by atoms with E-state index in [1.807, 2.05) is 23.9 Å². The van der Waals surface area contributed by atoms with Crippen LogP contribution in [0.1, 0.15) is 49.3 Å². The van der Waals surface area contributed by atoms with Crippen molar-refractivity contribution in [1.29, 1.82) is 0 Å². The standard InChI is InChI=1S/C17H21FN2O/c1-12-7-13(8-17(18)16(12)11-21)14-9-19-20(10-14)15-5-3-2-4-6-15/h7-10,15,21H,2-6,11H2,1H3. The fraction of sp³-hybridized carbons (Fsp3) is 0.471. The maximum atomic E-state index is 14.0. The zero-order valence-corrected chi connectivity index (χ0v) is 12.3. The Morgan fingerprint density at radius 1 is 1.24 bits per heavy atom. The first-order valence-electron chi connectivity index (χ1n) is 7.63. The molecule has 3 rings (SSSR count). The molecule has 1 N–H and O–H groups in total. The first kappa shape index (κ1) is 14.3. The third-order valence-corrected chi connectivity index (χ3v) is 4.46. The Morgan fingerprint density at radius 3 is 2.67 bits per heavy atom. The lowest BCUT2D eigenvalue weighted by Gasteiger charge is -2.21. The zero-order chi connectivity index (χ0) is 14.8. The molecule has 3 nitrogen and oxygen atoms in total. The number of aliphatic hydroxyl groups excluding tert-OH is 1. The summed E-state index contributed by atoms with van der Waals surface area (Å²) in [6.45, 7) is 1.56. The largest absolute Gasteiger partial charge is 0.392 e. The summed E-state index contributed by atoms with van der Waals surface area (Å²) in [5, 5.41) is 13.6. The molecule has 0 aliphatic heterocycles. The smallest absolute Gasteiger partial charge is 0.129 e. The summed E-state index contributed by atoms with van der Waals surface area (Å²) in [7, 11) is 0. The minimum atomic E-state index is -0.349. The second-order valence-corrected chi connectivity index (χ2v) is 5.91. The summed E-state index contributed by atoms with van der Waals surface area (Å²) in [5.41, 5.74) is 2.91. The van der Waals surface area contributed by atoms with Crippen molar-refractivity contribution in [3.8, 4) is 11.1 Å². The van der Waals surface area contributed by atoms with Gasteiger partial charge in [-0.15, -0.1) is 0 Å². The predicted molar refractivity (Wildman–Crippen MR) is 80.4 cm³/mol. The average molecular weight is 288 g/mol. The number of aryl methyl sites for hydroxylation is 1. The lowest BCUT2D eigenvalue weighted by Crippen LogP contribution is -2.12. The van der Waals surface area contributed by atoms with Crippen molar-refractivity contribution in [2.45, 2.75) is 51.7 Å². The Bertz CT molecular complexity index is 606. The van der Waals surface area contributed by atoms with E-state index < -0.39 is 0 Å². The molecule has 1 aliphatic rings. The lowest BCUT2D eigenvalue weighted by atomic mass is 9.96. The number of hydrogen-bond donors (Lipinski definition) is 1. The van der Waals surface area contributed by atoms with Crippen molar-refractivity contribution in [3.05, 3.63) is 41.5 Å². The summed E-state index contributed by atoms with van der Waals surface area (Å²) in [5.74, 6) is -0.349.